The first kappa shape index (κ1) is 11.4. The molecule has 1 saturated carbocycles. The van der Waals surface area contributed by atoms with Crippen molar-refractivity contribution < 1.29 is 0 Å². The van der Waals surface area contributed by atoms with E-state index in [1.165, 1.54) is 32.5 Å². The third-order valence-electron chi connectivity index (χ3n) is 4.16. The number of hydrogen-bond donors (Lipinski definition) is 1. The fraction of sp³-hybridized carbons (Fsp3) is 1.00. The minimum atomic E-state index is 0.568. The van der Waals surface area contributed by atoms with Crippen molar-refractivity contribution in [2.45, 2.75) is 52.6 Å². The molecule has 0 aromatic heterocycles. The summed E-state index contributed by atoms with van der Waals surface area (Å²) in [5.41, 5.74) is 0.568. The van der Waals surface area contributed by atoms with Gasteiger partial charge in [0.1, 0.15) is 0 Å². The van der Waals surface area contributed by atoms with Gasteiger partial charge in [0.05, 0.1) is 0 Å². The van der Waals surface area contributed by atoms with Gasteiger partial charge in [-0.1, -0.05) is 20.8 Å². The molecule has 1 aliphatic carbocycles. The Balaban J connectivity index is 1.98. The lowest BCUT2D eigenvalue weighted by Gasteiger charge is -2.38. The Labute approximate surface area is 94.4 Å². The molecule has 0 radical (unpaired) electrons. The molecule has 88 valence electrons. The maximum absolute atomic E-state index is 3.53. The highest BCUT2D eigenvalue weighted by Crippen LogP contribution is 2.43. The molecular formula is C13H26N2. The lowest BCUT2D eigenvalue weighted by molar-refractivity contribution is 0.123. The molecule has 2 rings (SSSR count). The second-order valence-electron chi connectivity index (χ2n) is 6.47. The third-order valence-corrected chi connectivity index (χ3v) is 4.16. The van der Waals surface area contributed by atoms with Crippen molar-refractivity contribution in [1.82, 2.24) is 10.2 Å². The number of nitrogens with one attached hydrogen (secondary N) is 1. The molecule has 2 fully saturated rings. The van der Waals surface area contributed by atoms with Crippen LogP contribution >= 0.6 is 0 Å². The second-order valence-corrected chi connectivity index (χ2v) is 6.47. The van der Waals surface area contributed by atoms with Gasteiger partial charge in [-0.15, -0.1) is 0 Å². The Morgan fingerprint density at radius 2 is 1.93 bits per heavy atom. The van der Waals surface area contributed by atoms with Crippen LogP contribution in [0, 0.1) is 11.3 Å². The van der Waals surface area contributed by atoms with E-state index in [-0.39, 0.29) is 0 Å². The van der Waals surface area contributed by atoms with Crippen molar-refractivity contribution in [3.05, 3.63) is 0 Å². The van der Waals surface area contributed by atoms with E-state index in [1.807, 2.05) is 0 Å². The van der Waals surface area contributed by atoms with Crippen LogP contribution in [0.25, 0.3) is 0 Å². The summed E-state index contributed by atoms with van der Waals surface area (Å²) in [6.45, 7) is 13.2. The zero-order valence-corrected chi connectivity index (χ0v) is 10.7. The normalized spacial score (nSPS) is 42.0. The summed E-state index contributed by atoms with van der Waals surface area (Å²) >= 11 is 0. The monoisotopic (exact) mass is 210 g/mol. The molecule has 0 amide bonds. The summed E-state index contributed by atoms with van der Waals surface area (Å²) in [6.07, 6.45) is 2.79. The standard InChI is InChI=1S/C13H26N2/c1-10-7-13(3,4)8-12(10)15-6-5-14-11(2)9-15/h10-12,14H,5-9H2,1-4H3. The topological polar surface area (TPSA) is 15.3 Å². The Morgan fingerprint density at radius 1 is 1.20 bits per heavy atom. The quantitative estimate of drug-likeness (QED) is 0.713. The van der Waals surface area contributed by atoms with E-state index in [4.69, 9.17) is 0 Å². The van der Waals surface area contributed by atoms with E-state index in [0.717, 1.165) is 12.0 Å². The molecule has 15 heavy (non-hydrogen) atoms. The van der Waals surface area contributed by atoms with Gasteiger partial charge in [0.15, 0.2) is 0 Å². The van der Waals surface area contributed by atoms with Gasteiger partial charge in [0, 0.05) is 31.7 Å². The Morgan fingerprint density at radius 3 is 2.47 bits per heavy atom. The fourth-order valence-corrected chi connectivity index (χ4v) is 3.61. The lowest BCUT2D eigenvalue weighted by Crippen LogP contribution is -2.53. The van der Waals surface area contributed by atoms with Crippen LogP contribution in [0.3, 0.4) is 0 Å². The van der Waals surface area contributed by atoms with Crippen molar-refractivity contribution in [3.63, 3.8) is 0 Å². The smallest absolute Gasteiger partial charge is 0.0167 e. The zero-order valence-electron chi connectivity index (χ0n) is 10.7. The van der Waals surface area contributed by atoms with Gasteiger partial charge in [0.25, 0.3) is 0 Å². The Bertz CT molecular complexity index is 225. The molecule has 1 aliphatic heterocycles. The van der Waals surface area contributed by atoms with E-state index < -0.39 is 0 Å². The van der Waals surface area contributed by atoms with Gasteiger partial charge in [-0.25, -0.2) is 0 Å². The highest BCUT2D eigenvalue weighted by atomic mass is 15.2. The number of piperazine rings is 1. The predicted molar refractivity (Wildman–Crippen MR) is 65.0 cm³/mol. The lowest BCUT2D eigenvalue weighted by atomic mass is 9.91. The first-order valence-electron chi connectivity index (χ1n) is 6.45. The largest absolute Gasteiger partial charge is 0.312 e. The van der Waals surface area contributed by atoms with Crippen molar-refractivity contribution in [3.8, 4) is 0 Å². The van der Waals surface area contributed by atoms with Gasteiger partial charge in [-0.05, 0) is 31.1 Å². The predicted octanol–water partition coefficient (Wildman–Crippen LogP) is 2.10. The SMILES string of the molecule is CC1CN(C2CC(C)(C)CC2C)CCN1. The van der Waals surface area contributed by atoms with Crippen LogP contribution in [0.15, 0.2) is 0 Å². The van der Waals surface area contributed by atoms with Crippen molar-refractivity contribution in [1.29, 1.82) is 0 Å². The number of hydrogen-bond acceptors (Lipinski definition) is 2. The highest BCUT2D eigenvalue weighted by molar-refractivity contribution is 4.94. The molecule has 3 unspecified atom stereocenters. The summed E-state index contributed by atoms with van der Waals surface area (Å²) in [7, 11) is 0. The van der Waals surface area contributed by atoms with Gasteiger partial charge >= 0.3 is 0 Å². The highest BCUT2D eigenvalue weighted by Gasteiger charge is 2.40. The van der Waals surface area contributed by atoms with Crippen LogP contribution in [0.4, 0.5) is 0 Å². The minimum Gasteiger partial charge on any atom is -0.312 e. The third kappa shape index (κ3) is 2.54. The molecule has 1 N–H and O–H groups in total. The molecule has 0 aromatic carbocycles. The van der Waals surface area contributed by atoms with Crippen LogP contribution in [-0.4, -0.2) is 36.6 Å². The van der Waals surface area contributed by atoms with Gasteiger partial charge in [-0.2, -0.15) is 0 Å². The molecular weight excluding hydrogens is 184 g/mol. The van der Waals surface area contributed by atoms with Gasteiger partial charge < -0.3 is 5.32 Å². The Kier molecular flexibility index (Phi) is 3.09. The van der Waals surface area contributed by atoms with Crippen LogP contribution < -0.4 is 5.32 Å². The first-order valence-corrected chi connectivity index (χ1v) is 6.45. The van der Waals surface area contributed by atoms with E-state index in [0.29, 0.717) is 11.5 Å². The van der Waals surface area contributed by atoms with Crippen LogP contribution in [-0.2, 0) is 0 Å². The average Bonchev–Trinajstić information content (AvgIpc) is 2.40. The molecule has 2 nitrogen and oxygen atoms in total. The number of rotatable bonds is 1. The average molecular weight is 210 g/mol. The molecule has 2 aliphatic rings. The molecule has 1 heterocycles. The molecule has 0 bridgehead atoms. The van der Waals surface area contributed by atoms with E-state index in [1.54, 1.807) is 0 Å². The maximum atomic E-state index is 3.53. The molecule has 2 heteroatoms. The van der Waals surface area contributed by atoms with E-state index in [2.05, 4.69) is 37.9 Å². The maximum Gasteiger partial charge on any atom is 0.0167 e. The Hall–Kier alpha value is -0.0800. The summed E-state index contributed by atoms with van der Waals surface area (Å²) in [5, 5.41) is 3.53. The second kappa shape index (κ2) is 4.06. The molecule has 0 aromatic rings. The van der Waals surface area contributed by atoms with Gasteiger partial charge in [0.2, 0.25) is 0 Å². The zero-order chi connectivity index (χ0) is 11.1. The summed E-state index contributed by atoms with van der Waals surface area (Å²) in [5.74, 6) is 0.880. The van der Waals surface area contributed by atoms with Crippen molar-refractivity contribution in [2.24, 2.45) is 11.3 Å². The minimum absolute atomic E-state index is 0.568. The van der Waals surface area contributed by atoms with E-state index in [9.17, 15) is 0 Å². The van der Waals surface area contributed by atoms with Crippen LogP contribution in [0.5, 0.6) is 0 Å². The summed E-state index contributed by atoms with van der Waals surface area (Å²) in [4.78, 5) is 2.72. The first-order chi connectivity index (χ1) is 6.98. The van der Waals surface area contributed by atoms with E-state index >= 15 is 0 Å². The fourth-order valence-electron chi connectivity index (χ4n) is 3.61. The van der Waals surface area contributed by atoms with Crippen molar-refractivity contribution in [2.75, 3.05) is 19.6 Å². The number of nitrogens with zero attached hydrogens (tertiary/aromatic N) is 1. The van der Waals surface area contributed by atoms with Crippen LogP contribution in [0.1, 0.15) is 40.5 Å². The summed E-state index contributed by atoms with van der Waals surface area (Å²) in [6, 6.07) is 1.51. The summed E-state index contributed by atoms with van der Waals surface area (Å²) < 4.78 is 0. The van der Waals surface area contributed by atoms with Crippen molar-refractivity contribution >= 4 is 0 Å². The van der Waals surface area contributed by atoms with Gasteiger partial charge in [-0.3, -0.25) is 4.90 Å². The van der Waals surface area contributed by atoms with Crippen LogP contribution in [0.2, 0.25) is 0 Å². The molecule has 1 saturated heterocycles. The molecule has 3 atom stereocenters. The molecule has 0 spiro atoms.